The van der Waals surface area contributed by atoms with Crippen LogP contribution in [0.5, 0.6) is 0 Å². The smallest absolute Gasteiger partial charge is 0.187 e. The Morgan fingerprint density at radius 3 is 1.63 bits per heavy atom. The lowest BCUT2D eigenvalue weighted by atomic mass is 9.67. The van der Waals surface area contributed by atoms with E-state index >= 15 is 0 Å². The van der Waals surface area contributed by atoms with Gasteiger partial charge in [-0.25, -0.2) is 4.85 Å². The van der Waals surface area contributed by atoms with Crippen molar-refractivity contribution in [2.45, 2.75) is 5.41 Å². The van der Waals surface area contributed by atoms with Crippen LogP contribution in [0.25, 0.3) is 60.2 Å². The average molecular weight is 753 g/mol. The van der Waals surface area contributed by atoms with Crippen molar-refractivity contribution < 1.29 is 4.42 Å². The van der Waals surface area contributed by atoms with E-state index < -0.39 is 5.41 Å². The molecule has 0 unspecified atom stereocenters. The van der Waals surface area contributed by atoms with E-state index in [1.807, 2.05) is 36.4 Å². The SMILES string of the molecule is [C-]#[N+]c1ccc(N(c2ccc(-c3ccc(-c4cccc5c4oc4ccccc45)cc3)cc2)c2ccc3c(c2)C(c2ccccc2)(c2ccccc2)c2ccccc2-3)cc1. The summed E-state index contributed by atoms with van der Waals surface area (Å²) in [6, 6.07) is 77.6. The Kier molecular flexibility index (Phi) is 8.10. The van der Waals surface area contributed by atoms with Crippen molar-refractivity contribution in [1.82, 2.24) is 0 Å². The zero-order valence-corrected chi connectivity index (χ0v) is 32.1. The van der Waals surface area contributed by atoms with E-state index in [1.54, 1.807) is 0 Å². The molecule has 0 fully saturated rings. The van der Waals surface area contributed by atoms with Crippen molar-refractivity contribution >= 4 is 44.7 Å². The fourth-order valence-electron chi connectivity index (χ4n) is 9.31. The van der Waals surface area contributed by atoms with E-state index in [0.29, 0.717) is 5.69 Å². The van der Waals surface area contributed by atoms with Crippen LogP contribution < -0.4 is 4.90 Å². The molecule has 1 aliphatic rings. The van der Waals surface area contributed by atoms with Crippen molar-refractivity contribution in [3.63, 3.8) is 0 Å². The number of furan rings is 1. The molecule has 9 aromatic carbocycles. The molecule has 10 aromatic rings. The molecule has 0 saturated carbocycles. The summed E-state index contributed by atoms with van der Waals surface area (Å²) in [5.41, 5.74) is 16.9. The van der Waals surface area contributed by atoms with E-state index in [0.717, 1.165) is 61.3 Å². The molecule has 0 aliphatic heterocycles. The first-order valence-electron chi connectivity index (χ1n) is 19.9. The van der Waals surface area contributed by atoms with Crippen LogP contribution in [0.15, 0.2) is 223 Å². The molecule has 3 heteroatoms. The van der Waals surface area contributed by atoms with E-state index in [9.17, 15) is 0 Å². The first-order valence-corrected chi connectivity index (χ1v) is 19.9. The van der Waals surface area contributed by atoms with Gasteiger partial charge in [-0.15, -0.1) is 0 Å². The Morgan fingerprint density at radius 2 is 0.932 bits per heavy atom. The predicted molar refractivity (Wildman–Crippen MR) is 243 cm³/mol. The Labute approximate surface area is 343 Å². The maximum absolute atomic E-state index is 7.64. The van der Waals surface area contributed by atoms with Crippen LogP contribution in [0.3, 0.4) is 0 Å². The van der Waals surface area contributed by atoms with Gasteiger partial charge in [-0.2, -0.15) is 0 Å². The van der Waals surface area contributed by atoms with Gasteiger partial charge in [0.25, 0.3) is 0 Å². The van der Waals surface area contributed by atoms with Crippen molar-refractivity contribution in [2.75, 3.05) is 4.90 Å². The average Bonchev–Trinajstić information content (AvgIpc) is 3.84. The maximum atomic E-state index is 7.64. The fourth-order valence-corrected chi connectivity index (χ4v) is 9.31. The molecule has 0 saturated heterocycles. The third-order valence-corrected chi connectivity index (χ3v) is 12.0. The number of hydrogen-bond donors (Lipinski definition) is 0. The molecule has 0 radical (unpaired) electrons. The monoisotopic (exact) mass is 752 g/mol. The van der Waals surface area contributed by atoms with Gasteiger partial charge in [0.15, 0.2) is 5.69 Å². The van der Waals surface area contributed by atoms with Crippen LogP contribution in [-0.2, 0) is 5.41 Å². The summed E-state index contributed by atoms with van der Waals surface area (Å²) in [6.07, 6.45) is 0. The van der Waals surface area contributed by atoms with Gasteiger partial charge >= 0.3 is 0 Å². The van der Waals surface area contributed by atoms with Crippen LogP contribution in [0.4, 0.5) is 22.7 Å². The molecule has 1 heterocycles. The molecule has 0 atom stereocenters. The van der Waals surface area contributed by atoms with Gasteiger partial charge < -0.3 is 9.32 Å². The summed E-state index contributed by atoms with van der Waals surface area (Å²) in [5.74, 6) is 0. The standard InChI is InChI=1S/C56H36N2O/c1-57-43-29-33-45(34-30-43)58(44-31-27-39(28-32-44)38-23-25-40(26-24-38)47-19-12-20-51-50-18-9-11-22-54(50)59-55(47)51)46-35-36-49-48-17-8-10-21-52(48)56(53(49)37-46,41-13-4-2-5-14-41)42-15-6-3-7-16-42/h2-37H. The van der Waals surface area contributed by atoms with Crippen molar-refractivity contribution in [2.24, 2.45) is 0 Å². The minimum absolute atomic E-state index is 0.518. The van der Waals surface area contributed by atoms with Crippen molar-refractivity contribution in [3.8, 4) is 33.4 Å². The Bertz CT molecular complexity index is 3150. The molecule has 1 aliphatic carbocycles. The summed E-state index contributed by atoms with van der Waals surface area (Å²) >= 11 is 0. The highest BCUT2D eigenvalue weighted by atomic mass is 16.3. The molecule has 3 nitrogen and oxygen atoms in total. The van der Waals surface area contributed by atoms with E-state index in [1.165, 1.54) is 33.4 Å². The summed E-state index contributed by atoms with van der Waals surface area (Å²) in [7, 11) is 0. The molecule has 276 valence electrons. The van der Waals surface area contributed by atoms with Gasteiger partial charge in [0.2, 0.25) is 0 Å². The molecule has 0 amide bonds. The summed E-state index contributed by atoms with van der Waals surface area (Å²) in [4.78, 5) is 6.00. The minimum Gasteiger partial charge on any atom is -0.455 e. The molecular weight excluding hydrogens is 717 g/mol. The van der Waals surface area contributed by atoms with Gasteiger partial charge in [0.05, 0.1) is 12.0 Å². The number of rotatable bonds is 7. The van der Waals surface area contributed by atoms with Crippen LogP contribution in [0.2, 0.25) is 0 Å². The lowest BCUT2D eigenvalue weighted by molar-refractivity contribution is 0.670. The normalized spacial score (nSPS) is 12.5. The number of nitrogens with zero attached hydrogens (tertiary/aromatic N) is 2. The molecule has 1 aromatic heterocycles. The second-order valence-electron chi connectivity index (χ2n) is 15.1. The van der Waals surface area contributed by atoms with Gasteiger partial charge in [-0.3, -0.25) is 0 Å². The number of anilines is 3. The predicted octanol–water partition coefficient (Wildman–Crippen LogP) is 15.3. The second-order valence-corrected chi connectivity index (χ2v) is 15.1. The highest BCUT2D eigenvalue weighted by Crippen LogP contribution is 2.57. The summed E-state index contributed by atoms with van der Waals surface area (Å²) in [6.45, 7) is 7.64. The van der Waals surface area contributed by atoms with E-state index in [4.69, 9.17) is 11.0 Å². The Hall–Kier alpha value is -7.93. The zero-order chi connectivity index (χ0) is 39.3. The van der Waals surface area contributed by atoms with Crippen LogP contribution in [0, 0.1) is 6.57 Å². The molecule has 11 rings (SSSR count). The Morgan fingerprint density at radius 1 is 0.407 bits per heavy atom. The molecule has 0 N–H and O–H groups in total. The van der Waals surface area contributed by atoms with Gasteiger partial charge in [0, 0.05) is 33.4 Å². The van der Waals surface area contributed by atoms with Gasteiger partial charge in [0.1, 0.15) is 11.2 Å². The second kappa shape index (κ2) is 13.9. The largest absolute Gasteiger partial charge is 0.455 e. The first kappa shape index (κ1) is 34.3. The molecule has 59 heavy (non-hydrogen) atoms. The topological polar surface area (TPSA) is 20.7 Å². The molecular formula is C56H36N2O. The molecule has 0 bridgehead atoms. The summed E-state index contributed by atoms with van der Waals surface area (Å²) < 4.78 is 6.35. The van der Waals surface area contributed by atoms with E-state index in [2.05, 4.69) is 192 Å². The highest BCUT2D eigenvalue weighted by Gasteiger charge is 2.46. The third kappa shape index (κ3) is 5.50. The van der Waals surface area contributed by atoms with Crippen molar-refractivity contribution in [1.29, 1.82) is 0 Å². The van der Waals surface area contributed by atoms with E-state index in [-0.39, 0.29) is 0 Å². The zero-order valence-electron chi connectivity index (χ0n) is 32.1. The maximum Gasteiger partial charge on any atom is 0.187 e. The van der Waals surface area contributed by atoms with Crippen LogP contribution in [0.1, 0.15) is 22.3 Å². The minimum atomic E-state index is -0.518. The van der Waals surface area contributed by atoms with Crippen LogP contribution in [-0.4, -0.2) is 0 Å². The third-order valence-electron chi connectivity index (χ3n) is 12.0. The number of fused-ring (bicyclic) bond motifs is 6. The highest BCUT2D eigenvalue weighted by molar-refractivity contribution is 6.09. The lowest BCUT2D eigenvalue weighted by Gasteiger charge is -2.35. The van der Waals surface area contributed by atoms with Crippen molar-refractivity contribution in [3.05, 3.63) is 252 Å². The lowest BCUT2D eigenvalue weighted by Crippen LogP contribution is -2.28. The first-order chi connectivity index (χ1) is 29.2. The number of para-hydroxylation sites is 2. The van der Waals surface area contributed by atoms with Crippen LogP contribution >= 0.6 is 0 Å². The molecule has 0 spiro atoms. The van der Waals surface area contributed by atoms with Gasteiger partial charge in [-0.05, 0) is 92.5 Å². The number of hydrogen-bond acceptors (Lipinski definition) is 2. The number of benzene rings is 9. The summed E-state index contributed by atoms with van der Waals surface area (Å²) in [5, 5.41) is 2.26. The quantitative estimate of drug-likeness (QED) is 0.151. The Balaban J connectivity index is 1.01. The van der Waals surface area contributed by atoms with Gasteiger partial charge in [-0.1, -0.05) is 176 Å². The fraction of sp³-hybridized carbons (Fsp3) is 0.0179.